The Morgan fingerprint density at radius 3 is 2.11 bits per heavy atom. The normalized spacial score (nSPS) is 41.0. The Morgan fingerprint density at radius 1 is 1.04 bits per heavy atom. The minimum atomic E-state index is -4.31. The van der Waals surface area contributed by atoms with E-state index < -0.39 is 56.3 Å². The van der Waals surface area contributed by atoms with Crippen molar-refractivity contribution < 1.29 is 33.7 Å². The molecule has 4 radical (unpaired) electrons. The average Bonchev–Trinajstić information content (AvgIpc) is 2.97. The van der Waals surface area contributed by atoms with Crippen molar-refractivity contribution >= 4 is 23.4 Å². The van der Waals surface area contributed by atoms with Gasteiger partial charge < -0.3 is 29.9 Å². The Hall–Kier alpha value is 0.0399. The van der Waals surface area contributed by atoms with E-state index in [0.29, 0.717) is 6.42 Å². The molecule has 2 aliphatic rings. The van der Waals surface area contributed by atoms with Crippen molar-refractivity contribution in [2.75, 3.05) is 6.61 Å². The zero-order valence-corrected chi connectivity index (χ0v) is 17.7. The molecule has 2 rings (SSSR count). The van der Waals surface area contributed by atoms with Gasteiger partial charge in [0.25, 0.3) is 0 Å². The highest BCUT2D eigenvalue weighted by Crippen LogP contribution is 2.41. The summed E-state index contributed by atoms with van der Waals surface area (Å²) in [6, 6.07) is -3.23. The molecular formula is C16H31B2N2O7P. The molecule has 5 N–H and O–H groups in total. The second-order valence-electron chi connectivity index (χ2n) is 8.21. The summed E-state index contributed by atoms with van der Waals surface area (Å²) in [6.07, 6.45) is -2.81. The highest BCUT2D eigenvalue weighted by Gasteiger charge is 2.46. The average molecular weight is 416 g/mol. The third kappa shape index (κ3) is 6.27. The van der Waals surface area contributed by atoms with Crippen LogP contribution in [0.4, 0.5) is 0 Å². The van der Waals surface area contributed by atoms with Gasteiger partial charge >= 0.3 is 7.75 Å². The van der Waals surface area contributed by atoms with Gasteiger partial charge in [-0.05, 0) is 12.3 Å². The molecule has 0 spiro atoms. The quantitative estimate of drug-likeness (QED) is 0.237. The fraction of sp³-hybridized carbons (Fsp3) is 1.00. The number of hydrogen-bond donors (Lipinski definition) is 5. The van der Waals surface area contributed by atoms with Crippen molar-refractivity contribution in [3.8, 4) is 0 Å². The number of ether oxygens (including phenoxy) is 2. The monoisotopic (exact) mass is 416 g/mol. The summed E-state index contributed by atoms with van der Waals surface area (Å²) in [7, 11) is 7.14. The van der Waals surface area contributed by atoms with Crippen LogP contribution in [0.5, 0.6) is 0 Å². The van der Waals surface area contributed by atoms with Crippen LogP contribution in [-0.4, -0.2) is 92.0 Å². The minimum Gasteiger partial charge on any atom is -0.390 e. The van der Waals surface area contributed by atoms with Gasteiger partial charge in [0.05, 0.1) is 43.1 Å². The smallest absolute Gasteiger partial charge is 0.390 e. The van der Waals surface area contributed by atoms with Crippen LogP contribution in [0.1, 0.15) is 34.1 Å². The number of aliphatic hydroxyl groups is 2. The van der Waals surface area contributed by atoms with E-state index in [9.17, 15) is 19.7 Å². The first-order valence-corrected chi connectivity index (χ1v) is 11.2. The van der Waals surface area contributed by atoms with Crippen molar-refractivity contribution in [2.45, 2.75) is 88.7 Å². The molecule has 3 unspecified atom stereocenters. The van der Waals surface area contributed by atoms with Gasteiger partial charge in [0.1, 0.15) is 15.7 Å². The fourth-order valence-electron chi connectivity index (χ4n) is 3.54. The summed E-state index contributed by atoms with van der Waals surface area (Å²) >= 11 is 0. The Labute approximate surface area is 169 Å². The van der Waals surface area contributed by atoms with Crippen LogP contribution in [0.2, 0.25) is 0 Å². The Balaban J connectivity index is 1.98. The first kappa shape index (κ1) is 24.3. The molecular weight excluding hydrogens is 385 g/mol. The molecule has 28 heavy (non-hydrogen) atoms. The summed E-state index contributed by atoms with van der Waals surface area (Å²) < 4.78 is 28.7. The topological polar surface area (TPSA) is 130 Å². The molecule has 9 atom stereocenters. The van der Waals surface area contributed by atoms with E-state index in [1.54, 1.807) is 0 Å². The number of aliphatic hydroxyl groups excluding tert-OH is 2. The van der Waals surface area contributed by atoms with E-state index in [0.717, 1.165) is 0 Å². The predicted molar refractivity (Wildman–Crippen MR) is 105 cm³/mol. The molecule has 0 aliphatic carbocycles. The van der Waals surface area contributed by atoms with E-state index in [1.165, 1.54) is 0 Å². The highest BCUT2D eigenvalue weighted by molar-refractivity contribution is 7.50. The summed E-state index contributed by atoms with van der Waals surface area (Å²) in [5.41, 5.74) is 0. The highest BCUT2D eigenvalue weighted by atomic mass is 31.2. The first-order valence-electron chi connectivity index (χ1n) is 9.60. The summed E-state index contributed by atoms with van der Waals surface area (Å²) in [6.45, 7) is 7.46. The molecule has 9 nitrogen and oxygen atoms in total. The van der Waals surface area contributed by atoms with Gasteiger partial charge in [-0.1, -0.05) is 27.7 Å². The van der Waals surface area contributed by atoms with Crippen molar-refractivity contribution in [3.63, 3.8) is 0 Å². The number of nitrogens with one attached hydrogen (secondary N) is 2. The largest absolute Gasteiger partial charge is 0.403 e. The summed E-state index contributed by atoms with van der Waals surface area (Å²) in [5.74, 6) is 0.239. The van der Waals surface area contributed by atoms with Crippen molar-refractivity contribution in [2.24, 2.45) is 5.92 Å². The van der Waals surface area contributed by atoms with E-state index in [4.69, 9.17) is 29.7 Å². The van der Waals surface area contributed by atoms with Crippen LogP contribution >= 0.6 is 7.75 Å². The first-order chi connectivity index (χ1) is 12.9. The number of hydrogen-bond acceptors (Lipinski definition) is 7. The lowest BCUT2D eigenvalue weighted by Crippen LogP contribution is -2.49. The lowest BCUT2D eigenvalue weighted by molar-refractivity contribution is 0.0288. The molecule has 0 amide bonds. The lowest BCUT2D eigenvalue weighted by atomic mass is 9.91. The zero-order chi connectivity index (χ0) is 21.2. The predicted octanol–water partition coefficient (Wildman–Crippen LogP) is -1.02. The summed E-state index contributed by atoms with van der Waals surface area (Å²) in [4.78, 5) is 10.2. The molecule has 0 aromatic heterocycles. The third-order valence-corrected chi connectivity index (χ3v) is 5.95. The molecule has 0 aromatic rings. The van der Waals surface area contributed by atoms with Crippen molar-refractivity contribution in [3.05, 3.63) is 0 Å². The second kappa shape index (κ2) is 9.90. The maximum Gasteiger partial charge on any atom is 0.403 e. The summed E-state index contributed by atoms with van der Waals surface area (Å²) in [5, 5.41) is 25.9. The van der Waals surface area contributed by atoms with Crippen molar-refractivity contribution in [1.82, 2.24) is 10.4 Å². The molecule has 2 aliphatic heterocycles. The van der Waals surface area contributed by atoms with Gasteiger partial charge in [0.15, 0.2) is 0 Å². The molecule has 2 saturated heterocycles. The molecule has 2 fully saturated rings. The van der Waals surface area contributed by atoms with Crippen LogP contribution in [0, 0.1) is 5.92 Å². The molecule has 0 bridgehead atoms. The second-order valence-corrected chi connectivity index (χ2v) is 9.76. The Bertz CT molecular complexity index is 557. The van der Waals surface area contributed by atoms with Crippen molar-refractivity contribution in [1.29, 1.82) is 0 Å². The molecule has 158 valence electrons. The number of rotatable bonds is 9. The van der Waals surface area contributed by atoms with Crippen LogP contribution in [0.25, 0.3) is 0 Å². The third-order valence-electron chi connectivity index (χ3n) is 4.83. The van der Waals surface area contributed by atoms with Gasteiger partial charge in [-0.15, -0.1) is 0 Å². The minimum absolute atomic E-state index is 0.0409. The van der Waals surface area contributed by atoms with E-state index in [1.807, 2.05) is 27.7 Å². The van der Waals surface area contributed by atoms with Crippen LogP contribution in [0.15, 0.2) is 0 Å². The molecule has 2 heterocycles. The van der Waals surface area contributed by atoms with E-state index in [-0.39, 0.29) is 18.6 Å². The Kier molecular flexibility index (Phi) is 8.59. The van der Waals surface area contributed by atoms with Gasteiger partial charge in [0, 0.05) is 18.0 Å². The zero-order valence-electron chi connectivity index (χ0n) is 16.8. The van der Waals surface area contributed by atoms with Gasteiger partial charge in [-0.25, -0.2) is 9.65 Å². The maximum atomic E-state index is 12.5. The van der Waals surface area contributed by atoms with Crippen LogP contribution in [-0.2, 0) is 18.6 Å². The maximum absolute atomic E-state index is 12.5. The van der Waals surface area contributed by atoms with Gasteiger partial charge in [0.2, 0.25) is 0 Å². The van der Waals surface area contributed by atoms with Gasteiger partial charge in [-0.3, -0.25) is 4.52 Å². The standard InChI is InChI=1S/C16H31B2N2O7P/c1-7(2)5-9-12(14(22)16(18)26-9)20-28(23,24)25-6-10-11(19-8(3)4)13(21)15(17)27-10/h7-16,19,21-22H,5-6H2,1-4H3,(H2,20,23,24)/t9-,10-,11?,12?,13+,14+,15-,16-/m1/s1. The fourth-order valence-corrected chi connectivity index (χ4v) is 4.66. The van der Waals surface area contributed by atoms with Crippen LogP contribution < -0.4 is 10.4 Å². The molecule has 12 heteroatoms. The van der Waals surface area contributed by atoms with Gasteiger partial charge in [-0.2, -0.15) is 0 Å². The molecule has 0 aromatic carbocycles. The Morgan fingerprint density at radius 2 is 1.57 bits per heavy atom. The lowest BCUT2D eigenvalue weighted by Gasteiger charge is -2.27. The SMILES string of the molecule is [B][C@@H]1O[C@H](COP(=O)(O)NC2[C@@H](CC(C)C)O[C@@H]([B])[C@H]2O)C(NC(C)C)[C@@H]1O. The van der Waals surface area contributed by atoms with E-state index >= 15 is 0 Å². The van der Waals surface area contributed by atoms with Crippen LogP contribution in [0.3, 0.4) is 0 Å². The van der Waals surface area contributed by atoms with E-state index in [2.05, 4.69) is 10.4 Å². The molecule has 0 saturated carbocycles.